The van der Waals surface area contributed by atoms with Gasteiger partial charge in [0.15, 0.2) is 5.82 Å². The van der Waals surface area contributed by atoms with E-state index in [-0.39, 0.29) is 0 Å². The van der Waals surface area contributed by atoms with Crippen molar-refractivity contribution in [2.75, 3.05) is 25.6 Å². The first kappa shape index (κ1) is 14.1. The summed E-state index contributed by atoms with van der Waals surface area (Å²) in [5.74, 6) is 1.51. The monoisotopic (exact) mass is 264 g/mol. The van der Waals surface area contributed by atoms with E-state index in [1.54, 1.807) is 6.20 Å². The second-order valence-corrected chi connectivity index (χ2v) is 5.05. The van der Waals surface area contributed by atoms with Crippen LogP contribution in [0.3, 0.4) is 0 Å². The Balaban J connectivity index is 1.99. The Bertz CT molecular complexity index is 391. The van der Waals surface area contributed by atoms with Crippen molar-refractivity contribution in [3.63, 3.8) is 0 Å². The summed E-state index contributed by atoms with van der Waals surface area (Å²) in [6.45, 7) is 2.58. The van der Waals surface area contributed by atoms with Crippen LogP contribution in [0, 0.1) is 0 Å². The molecular weight excluding hydrogens is 240 g/mol. The number of ether oxygens (including phenoxy) is 1. The fourth-order valence-corrected chi connectivity index (χ4v) is 2.66. The Hall–Kier alpha value is -1.36. The van der Waals surface area contributed by atoms with E-state index in [1.165, 1.54) is 25.7 Å². The standard InChI is InChI=1S/C14H24N4O/c1-4-19-14-10-16-9-13(17-14)18(3)12-7-5-11(15-2)6-8-12/h9-12,15H,4-8H2,1-3H3. The van der Waals surface area contributed by atoms with E-state index in [0.717, 1.165) is 5.82 Å². The highest BCUT2D eigenvalue weighted by Crippen LogP contribution is 2.25. The van der Waals surface area contributed by atoms with Crippen LogP contribution < -0.4 is 15.0 Å². The summed E-state index contributed by atoms with van der Waals surface area (Å²) in [5, 5.41) is 3.36. The molecule has 5 heteroatoms. The minimum absolute atomic E-state index is 0.552. The SMILES string of the molecule is CCOc1cncc(N(C)C2CCC(NC)CC2)n1. The first-order valence-corrected chi connectivity index (χ1v) is 7.09. The Morgan fingerprint density at radius 1 is 1.32 bits per heavy atom. The fourth-order valence-electron chi connectivity index (χ4n) is 2.66. The van der Waals surface area contributed by atoms with Crippen molar-refractivity contribution < 1.29 is 4.74 Å². The van der Waals surface area contributed by atoms with E-state index < -0.39 is 0 Å². The number of anilines is 1. The summed E-state index contributed by atoms with van der Waals surface area (Å²) in [6, 6.07) is 1.22. The van der Waals surface area contributed by atoms with Crippen LogP contribution >= 0.6 is 0 Å². The van der Waals surface area contributed by atoms with Gasteiger partial charge in [0.2, 0.25) is 5.88 Å². The van der Waals surface area contributed by atoms with Crippen molar-refractivity contribution >= 4 is 5.82 Å². The molecule has 1 aromatic heterocycles. The molecule has 1 N–H and O–H groups in total. The van der Waals surface area contributed by atoms with Crippen molar-refractivity contribution in [1.82, 2.24) is 15.3 Å². The van der Waals surface area contributed by atoms with E-state index in [0.29, 0.717) is 24.6 Å². The highest BCUT2D eigenvalue weighted by molar-refractivity contribution is 5.38. The van der Waals surface area contributed by atoms with Gasteiger partial charge in [-0.2, -0.15) is 4.98 Å². The van der Waals surface area contributed by atoms with Gasteiger partial charge in [-0.05, 0) is 39.7 Å². The number of hydrogen-bond acceptors (Lipinski definition) is 5. The second kappa shape index (κ2) is 6.70. The first-order chi connectivity index (χ1) is 9.24. The van der Waals surface area contributed by atoms with Crippen LogP contribution in [0.4, 0.5) is 5.82 Å². The predicted molar refractivity (Wildman–Crippen MR) is 76.7 cm³/mol. The molecule has 0 aromatic carbocycles. The molecule has 0 aliphatic heterocycles. The molecule has 1 heterocycles. The number of nitrogens with one attached hydrogen (secondary N) is 1. The van der Waals surface area contributed by atoms with Crippen LogP contribution in [0.2, 0.25) is 0 Å². The van der Waals surface area contributed by atoms with Crippen LogP contribution in [0.1, 0.15) is 32.6 Å². The van der Waals surface area contributed by atoms with Crippen molar-refractivity contribution in [2.45, 2.75) is 44.7 Å². The molecule has 1 aliphatic carbocycles. The maximum atomic E-state index is 5.41. The van der Waals surface area contributed by atoms with Crippen LogP contribution in [-0.2, 0) is 0 Å². The maximum absolute atomic E-state index is 5.41. The molecule has 0 bridgehead atoms. The lowest BCUT2D eigenvalue weighted by Gasteiger charge is -2.35. The van der Waals surface area contributed by atoms with Crippen molar-refractivity contribution in [2.24, 2.45) is 0 Å². The van der Waals surface area contributed by atoms with Crippen LogP contribution in [0.15, 0.2) is 12.4 Å². The molecule has 0 unspecified atom stereocenters. The first-order valence-electron chi connectivity index (χ1n) is 7.09. The van der Waals surface area contributed by atoms with Gasteiger partial charge in [-0.1, -0.05) is 0 Å². The lowest BCUT2D eigenvalue weighted by molar-refractivity contribution is 0.323. The molecule has 1 aromatic rings. The van der Waals surface area contributed by atoms with Gasteiger partial charge in [0, 0.05) is 19.1 Å². The molecule has 5 nitrogen and oxygen atoms in total. The number of nitrogens with zero attached hydrogens (tertiary/aromatic N) is 3. The Morgan fingerprint density at radius 3 is 2.68 bits per heavy atom. The van der Waals surface area contributed by atoms with Crippen LogP contribution in [-0.4, -0.2) is 42.8 Å². The summed E-state index contributed by atoms with van der Waals surface area (Å²) < 4.78 is 5.41. The largest absolute Gasteiger partial charge is 0.477 e. The molecule has 0 amide bonds. The van der Waals surface area contributed by atoms with E-state index >= 15 is 0 Å². The van der Waals surface area contributed by atoms with Gasteiger partial charge in [0.1, 0.15) is 0 Å². The van der Waals surface area contributed by atoms with Gasteiger partial charge in [0.05, 0.1) is 19.0 Å². The van der Waals surface area contributed by atoms with Gasteiger partial charge in [-0.25, -0.2) is 0 Å². The number of rotatable bonds is 5. The molecule has 19 heavy (non-hydrogen) atoms. The number of hydrogen-bond donors (Lipinski definition) is 1. The molecule has 2 rings (SSSR count). The van der Waals surface area contributed by atoms with Crippen molar-refractivity contribution in [3.05, 3.63) is 12.4 Å². The van der Waals surface area contributed by atoms with Gasteiger partial charge in [-0.3, -0.25) is 4.98 Å². The van der Waals surface area contributed by atoms with E-state index in [2.05, 4.69) is 27.2 Å². The van der Waals surface area contributed by atoms with E-state index in [9.17, 15) is 0 Å². The summed E-state index contributed by atoms with van der Waals surface area (Å²) in [5.41, 5.74) is 0. The average molecular weight is 264 g/mol. The van der Waals surface area contributed by atoms with Crippen molar-refractivity contribution in [1.29, 1.82) is 0 Å². The minimum Gasteiger partial charge on any atom is -0.477 e. The Labute approximate surface area is 115 Å². The maximum Gasteiger partial charge on any atom is 0.234 e. The Morgan fingerprint density at radius 2 is 2.05 bits per heavy atom. The summed E-state index contributed by atoms with van der Waals surface area (Å²) >= 11 is 0. The molecule has 106 valence electrons. The molecular formula is C14H24N4O. The molecule has 1 aliphatic rings. The molecule has 0 radical (unpaired) electrons. The molecule has 0 saturated heterocycles. The third-order valence-corrected chi connectivity index (χ3v) is 3.91. The van der Waals surface area contributed by atoms with Gasteiger partial charge >= 0.3 is 0 Å². The highest BCUT2D eigenvalue weighted by Gasteiger charge is 2.24. The zero-order valence-corrected chi connectivity index (χ0v) is 12.1. The summed E-state index contributed by atoms with van der Waals surface area (Å²) in [4.78, 5) is 10.9. The molecule has 1 saturated carbocycles. The van der Waals surface area contributed by atoms with Gasteiger partial charge < -0.3 is 15.0 Å². The lowest BCUT2D eigenvalue weighted by Crippen LogP contribution is -2.40. The number of aromatic nitrogens is 2. The quantitative estimate of drug-likeness (QED) is 0.879. The van der Waals surface area contributed by atoms with Gasteiger partial charge in [0.25, 0.3) is 0 Å². The third kappa shape index (κ3) is 3.56. The fraction of sp³-hybridized carbons (Fsp3) is 0.714. The zero-order chi connectivity index (χ0) is 13.7. The highest BCUT2D eigenvalue weighted by atomic mass is 16.5. The van der Waals surface area contributed by atoms with Crippen LogP contribution in [0.25, 0.3) is 0 Å². The van der Waals surface area contributed by atoms with E-state index in [4.69, 9.17) is 4.74 Å². The topological polar surface area (TPSA) is 50.3 Å². The van der Waals surface area contributed by atoms with Gasteiger partial charge in [-0.15, -0.1) is 0 Å². The Kier molecular flexibility index (Phi) is 4.96. The normalized spacial score (nSPS) is 23.1. The molecule has 1 fully saturated rings. The predicted octanol–water partition coefficient (Wildman–Crippen LogP) is 1.84. The summed E-state index contributed by atoms with van der Waals surface area (Å²) in [7, 11) is 4.15. The van der Waals surface area contributed by atoms with E-state index in [1.807, 2.05) is 20.2 Å². The lowest BCUT2D eigenvalue weighted by atomic mass is 9.90. The average Bonchev–Trinajstić information content (AvgIpc) is 2.47. The third-order valence-electron chi connectivity index (χ3n) is 3.91. The van der Waals surface area contributed by atoms with Crippen molar-refractivity contribution in [3.8, 4) is 5.88 Å². The molecule has 0 atom stereocenters. The second-order valence-electron chi connectivity index (χ2n) is 5.05. The van der Waals surface area contributed by atoms with Crippen LogP contribution in [0.5, 0.6) is 5.88 Å². The zero-order valence-electron chi connectivity index (χ0n) is 12.1. The molecule has 0 spiro atoms. The minimum atomic E-state index is 0.552. The smallest absolute Gasteiger partial charge is 0.234 e. The summed E-state index contributed by atoms with van der Waals surface area (Å²) in [6.07, 6.45) is 8.32.